The topological polar surface area (TPSA) is 12.0 Å². The quantitative estimate of drug-likeness (QED) is 0.766. The van der Waals surface area contributed by atoms with Crippen LogP contribution in [0.2, 0.25) is 5.02 Å². The number of benzene rings is 1. The van der Waals surface area contributed by atoms with Gasteiger partial charge in [0.05, 0.1) is 6.04 Å². The molecule has 2 atom stereocenters. The zero-order valence-corrected chi connectivity index (χ0v) is 10.6. The van der Waals surface area contributed by atoms with Crippen molar-refractivity contribution in [3.63, 3.8) is 0 Å². The predicted molar refractivity (Wildman–Crippen MR) is 70.5 cm³/mol. The first-order valence-corrected chi connectivity index (χ1v) is 6.02. The zero-order chi connectivity index (χ0) is 12.0. The first kappa shape index (κ1) is 13.1. The Hall–Kier alpha value is -0.970. The van der Waals surface area contributed by atoms with Gasteiger partial charge in [0, 0.05) is 11.1 Å². The third-order valence-electron chi connectivity index (χ3n) is 2.55. The van der Waals surface area contributed by atoms with Gasteiger partial charge in [0.1, 0.15) is 0 Å². The first-order chi connectivity index (χ1) is 7.67. The molecule has 1 N–H and O–H groups in total. The molecule has 0 spiro atoms. The molecule has 0 aliphatic heterocycles. The van der Waals surface area contributed by atoms with Crippen LogP contribution in [0.1, 0.15) is 38.3 Å². The smallest absolute Gasteiger partial charge is 0.0663 e. The Kier molecular flexibility index (Phi) is 5.38. The molecule has 1 aromatic carbocycles. The van der Waals surface area contributed by atoms with Gasteiger partial charge in [-0.2, -0.15) is 0 Å². The lowest BCUT2D eigenvalue weighted by atomic mass is 10.0. The molecule has 0 heterocycles. The molecule has 2 unspecified atom stereocenters. The van der Waals surface area contributed by atoms with E-state index in [1.165, 1.54) is 5.56 Å². The summed E-state index contributed by atoms with van der Waals surface area (Å²) in [6.45, 7) is 4.17. The van der Waals surface area contributed by atoms with E-state index in [1.54, 1.807) is 0 Å². The number of hydrogen-bond acceptors (Lipinski definition) is 1. The maximum Gasteiger partial charge on any atom is 0.0663 e. The van der Waals surface area contributed by atoms with Crippen molar-refractivity contribution in [1.29, 1.82) is 0 Å². The summed E-state index contributed by atoms with van der Waals surface area (Å²) in [7, 11) is 0. The monoisotopic (exact) mass is 235 g/mol. The lowest BCUT2D eigenvalue weighted by Gasteiger charge is -2.20. The lowest BCUT2D eigenvalue weighted by molar-refractivity contribution is 0.475. The van der Waals surface area contributed by atoms with Crippen LogP contribution in [0.15, 0.2) is 24.3 Å². The van der Waals surface area contributed by atoms with Crippen molar-refractivity contribution in [3.8, 4) is 12.3 Å². The predicted octanol–water partition coefficient (Wildman–Crippen LogP) is 3.79. The van der Waals surface area contributed by atoms with E-state index in [9.17, 15) is 0 Å². The summed E-state index contributed by atoms with van der Waals surface area (Å²) in [5, 5.41) is 4.19. The molecule has 0 aliphatic rings. The van der Waals surface area contributed by atoms with Crippen LogP contribution in [0.5, 0.6) is 0 Å². The average Bonchev–Trinajstić information content (AvgIpc) is 2.29. The van der Waals surface area contributed by atoms with Gasteiger partial charge in [-0.15, -0.1) is 6.42 Å². The summed E-state index contributed by atoms with van der Waals surface area (Å²) >= 11 is 5.87. The maximum absolute atomic E-state index is 5.87. The molecule has 0 radical (unpaired) electrons. The Morgan fingerprint density at radius 1 is 1.38 bits per heavy atom. The second-order valence-corrected chi connectivity index (χ2v) is 4.38. The molecule has 1 nitrogen and oxygen atoms in total. The Morgan fingerprint density at radius 2 is 2.00 bits per heavy atom. The van der Waals surface area contributed by atoms with Gasteiger partial charge in [-0.3, -0.25) is 5.32 Å². The fourth-order valence-electron chi connectivity index (χ4n) is 1.68. The van der Waals surface area contributed by atoms with E-state index in [1.807, 2.05) is 19.1 Å². The summed E-state index contributed by atoms with van der Waals surface area (Å²) in [6, 6.07) is 8.35. The van der Waals surface area contributed by atoms with Crippen molar-refractivity contribution in [3.05, 3.63) is 34.9 Å². The van der Waals surface area contributed by atoms with Gasteiger partial charge in [-0.25, -0.2) is 0 Å². The molecule has 0 saturated heterocycles. The fraction of sp³-hybridized carbons (Fsp3) is 0.429. The van der Waals surface area contributed by atoms with Crippen LogP contribution in [0.4, 0.5) is 0 Å². The molecule has 16 heavy (non-hydrogen) atoms. The summed E-state index contributed by atoms with van der Waals surface area (Å²) < 4.78 is 0. The van der Waals surface area contributed by atoms with Crippen molar-refractivity contribution >= 4 is 11.6 Å². The number of terminal acetylenes is 1. The molecule has 2 heteroatoms. The summed E-state index contributed by atoms with van der Waals surface area (Å²) in [6.07, 6.45) is 7.58. The van der Waals surface area contributed by atoms with Crippen molar-refractivity contribution in [1.82, 2.24) is 5.32 Å². The Bertz CT molecular complexity index is 350. The maximum atomic E-state index is 5.87. The normalized spacial score (nSPS) is 14.1. The lowest BCUT2D eigenvalue weighted by Crippen LogP contribution is -2.29. The standard InChI is InChI=1S/C14H18ClN/c1-4-6-14(16-11(3)5-2)12-7-9-13(15)10-8-12/h2,7-11,14,16H,4,6H2,1,3H3. The average molecular weight is 236 g/mol. The highest BCUT2D eigenvalue weighted by Crippen LogP contribution is 2.21. The second-order valence-electron chi connectivity index (χ2n) is 3.95. The zero-order valence-electron chi connectivity index (χ0n) is 9.83. The third-order valence-corrected chi connectivity index (χ3v) is 2.80. The molecule has 1 aromatic rings. The summed E-state index contributed by atoms with van der Waals surface area (Å²) in [5.74, 6) is 2.70. The van der Waals surface area contributed by atoms with Crippen molar-refractivity contribution in [2.45, 2.75) is 38.8 Å². The molecule has 86 valence electrons. The highest BCUT2D eigenvalue weighted by molar-refractivity contribution is 6.30. The molecule has 0 saturated carbocycles. The van der Waals surface area contributed by atoms with Crippen LogP contribution < -0.4 is 5.32 Å². The van der Waals surface area contributed by atoms with Crippen LogP contribution in [-0.4, -0.2) is 6.04 Å². The van der Waals surface area contributed by atoms with Crippen molar-refractivity contribution in [2.24, 2.45) is 0 Å². The molecule has 0 aromatic heterocycles. The number of hydrogen-bond donors (Lipinski definition) is 1. The van der Waals surface area contributed by atoms with Crippen LogP contribution in [-0.2, 0) is 0 Å². The van der Waals surface area contributed by atoms with Crippen LogP contribution >= 0.6 is 11.6 Å². The van der Waals surface area contributed by atoms with Gasteiger partial charge in [-0.05, 0) is 31.0 Å². The SMILES string of the molecule is C#CC(C)NC(CCC)c1ccc(Cl)cc1. The van der Waals surface area contributed by atoms with Crippen molar-refractivity contribution in [2.75, 3.05) is 0 Å². The van der Waals surface area contributed by atoms with Crippen LogP contribution in [0.25, 0.3) is 0 Å². The van der Waals surface area contributed by atoms with E-state index >= 15 is 0 Å². The molecule has 0 aliphatic carbocycles. The fourth-order valence-corrected chi connectivity index (χ4v) is 1.81. The van der Waals surface area contributed by atoms with E-state index < -0.39 is 0 Å². The number of rotatable bonds is 5. The minimum absolute atomic E-state index is 0.0900. The van der Waals surface area contributed by atoms with Crippen molar-refractivity contribution < 1.29 is 0 Å². The van der Waals surface area contributed by atoms with Gasteiger partial charge in [0.2, 0.25) is 0 Å². The van der Waals surface area contributed by atoms with Crippen LogP contribution in [0, 0.1) is 12.3 Å². The van der Waals surface area contributed by atoms with E-state index in [4.69, 9.17) is 18.0 Å². The minimum atomic E-state index is 0.0900. The Labute approximate surface area is 103 Å². The molecular formula is C14H18ClN. The molecule has 0 bridgehead atoms. The van der Waals surface area contributed by atoms with E-state index in [0.717, 1.165) is 17.9 Å². The largest absolute Gasteiger partial charge is 0.297 e. The summed E-state index contributed by atoms with van der Waals surface area (Å²) in [4.78, 5) is 0. The third kappa shape index (κ3) is 3.89. The van der Waals surface area contributed by atoms with E-state index in [0.29, 0.717) is 6.04 Å². The summed E-state index contributed by atoms with van der Waals surface area (Å²) in [5.41, 5.74) is 1.24. The second kappa shape index (κ2) is 6.58. The Balaban J connectivity index is 2.77. The highest BCUT2D eigenvalue weighted by Gasteiger charge is 2.11. The van der Waals surface area contributed by atoms with Gasteiger partial charge in [0.25, 0.3) is 0 Å². The molecule has 1 rings (SSSR count). The number of halogens is 1. The molecule has 0 fully saturated rings. The van der Waals surface area contributed by atoms with Gasteiger partial charge in [0.15, 0.2) is 0 Å². The van der Waals surface area contributed by atoms with Gasteiger partial charge >= 0.3 is 0 Å². The Morgan fingerprint density at radius 3 is 2.50 bits per heavy atom. The van der Waals surface area contributed by atoms with E-state index in [-0.39, 0.29) is 6.04 Å². The van der Waals surface area contributed by atoms with Gasteiger partial charge < -0.3 is 0 Å². The number of nitrogens with one attached hydrogen (secondary N) is 1. The van der Waals surface area contributed by atoms with E-state index in [2.05, 4.69) is 30.3 Å². The minimum Gasteiger partial charge on any atom is -0.297 e. The molecular weight excluding hydrogens is 218 g/mol. The first-order valence-electron chi connectivity index (χ1n) is 5.65. The highest BCUT2D eigenvalue weighted by atomic mass is 35.5. The van der Waals surface area contributed by atoms with Gasteiger partial charge in [-0.1, -0.05) is 43.0 Å². The van der Waals surface area contributed by atoms with Crippen LogP contribution in [0.3, 0.4) is 0 Å². The molecule has 0 amide bonds.